The van der Waals surface area contributed by atoms with E-state index in [-0.39, 0.29) is 5.91 Å². The van der Waals surface area contributed by atoms with E-state index in [2.05, 4.69) is 20.6 Å². The van der Waals surface area contributed by atoms with E-state index >= 15 is 0 Å². The van der Waals surface area contributed by atoms with Gasteiger partial charge in [0.25, 0.3) is 5.91 Å². The molecule has 2 aromatic rings. The van der Waals surface area contributed by atoms with Gasteiger partial charge in [0.15, 0.2) is 0 Å². The highest BCUT2D eigenvalue weighted by Gasteiger charge is 2.03. The monoisotopic (exact) mass is 272 g/mol. The van der Waals surface area contributed by atoms with Crippen LogP contribution in [0.5, 0.6) is 0 Å². The number of H-pyrrole nitrogens is 1. The number of benzene rings is 1. The van der Waals surface area contributed by atoms with Crippen molar-refractivity contribution in [3.63, 3.8) is 0 Å². The van der Waals surface area contributed by atoms with Gasteiger partial charge in [-0.25, -0.2) is 4.98 Å². The maximum Gasteiger partial charge on any atom is 0.251 e. The Morgan fingerprint density at radius 3 is 2.60 bits per heavy atom. The van der Waals surface area contributed by atoms with E-state index in [1.165, 1.54) is 0 Å². The van der Waals surface area contributed by atoms with Gasteiger partial charge in [0.1, 0.15) is 5.82 Å². The minimum absolute atomic E-state index is 0.0378. The van der Waals surface area contributed by atoms with Crippen LogP contribution in [0.15, 0.2) is 30.5 Å². The van der Waals surface area contributed by atoms with Crippen LogP contribution in [0.1, 0.15) is 27.4 Å². The summed E-state index contributed by atoms with van der Waals surface area (Å²) in [5.74, 6) is 0.874. The molecule has 1 aromatic carbocycles. The maximum atomic E-state index is 11.8. The largest absolute Gasteiger partial charge is 0.351 e. The van der Waals surface area contributed by atoms with Crippen LogP contribution in [-0.4, -0.2) is 29.0 Å². The summed E-state index contributed by atoms with van der Waals surface area (Å²) in [6.07, 6.45) is 1.81. The third-order valence-corrected chi connectivity index (χ3v) is 2.97. The van der Waals surface area contributed by atoms with Gasteiger partial charge in [-0.2, -0.15) is 0 Å². The molecule has 0 saturated carbocycles. The molecule has 20 heavy (non-hydrogen) atoms. The summed E-state index contributed by atoms with van der Waals surface area (Å²) < 4.78 is 0. The summed E-state index contributed by atoms with van der Waals surface area (Å²) in [6, 6.07) is 7.55. The number of hydrogen-bond acceptors (Lipinski definition) is 3. The molecule has 1 amide bonds. The van der Waals surface area contributed by atoms with Crippen molar-refractivity contribution in [2.75, 3.05) is 13.1 Å². The van der Waals surface area contributed by atoms with Gasteiger partial charge >= 0.3 is 0 Å². The smallest absolute Gasteiger partial charge is 0.251 e. The highest BCUT2D eigenvalue weighted by atomic mass is 16.1. The first-order chi connectivity index (χ1) is 9.65. The molecular weight excluding hydrogens is 252 g/mol. The lowest BCUT2D eigenvalue weighted by molar-refractivity contribution is 0.0954. The van der Waals surface area contributed by atoms with Gasteiger partial charge in [0.05, 0.1) is 0 Å². The molecular formula is C15H20N4O. The Morgan fingerprint density at radius 1 is 1.20 bits per heavy atom. The number of amides is 1. The summed E-state index contributed by atoms with van der Waals surface area (Å²) in [5.41, 5.74) is 2.89. The van der Waals surface area contributed by atoms with Crippen molar-refractivity contribution < 1.29 is 4.79 Å². The molecule has 0 aliphatic carbocycles. The summed E-state index contributed by atoms with van der Waals surface area (Å²) in [6.45, 7) is 5.96. The van der Waals surface area contributed by atoms with Gasteiger partial charge < -0.3 is 15.6 Å². The van der Waals surface area contributed by atoms with Crippen molar-refractivity contribution in [3.05, 3.63) is 53.1 Å². The van der Waals surface area contributed by atoms with Crippen LogP contribution < -0.4 is 10.6 Å². The van der Waals surface area contributed by atoms with Crippen LogP contribution in [-0.2, 0) is 6.54 Å². The second kappa shape index (κ2) is 6.86. The standard InChI is InChI=1S/C15H20N4O/c1-11-3-5-13(6-4-11)15(20)17-8-7-16-9-14-10-18-12(2)19-14/h3-6,10,16H,7-9H2,1-2H3,(H,17,20)(H,18,19). The predicted molar refractivity (Wildman–Crippen MR) is 78.5 cm³/mol. The number of nitrogens with zero attached hydrogens (tertiary/aromatic N) is 1. The first-order valence-electron chi connectivity index (χ1n) is 6.71. The molecule has 1 aromatic heterocycles. The van der Waals surface area contributed by atoms with Crippen LogP contribution in [0.2, 0.25) is 0 Å². The van der Waals surface area contributed by atoms with Crippen LogP contribution >= 0.6 is 0 Å². The molecule has 0 aliphatic heterocycles. The van der Waals surface area contributed by atoms with Crippen molar-refractivity contribution in [2.45, 2.75) is 20.4 Å². The minimum atomic E-state index is -0.0378. The lowest BCUT2D eigenvalue weighted by Gasteiger charge is -2.06. The molecule has 2 rings (SSSR count). The average Bonchev–Trinajstić information content (AvgIpc) is 2.84. The van der Waals surface area contributed by atoms with Crippen molar-refractivity contribution in [1.82, 2.24) is 20.6 Å². The van der Waals surface area contributed by atoms with Gasteiger partial charge in [-0.05, 0) is 26.0 Å². The highest BCUT2D eigenvalue weighted by molar-refractivity contribution is 5.94. The van der Waals surface area contributed by atoms with Crippen LogP contribution in [0.4, 0.5) is 0 Å². The SMILES string of the molecule is Cc1ccc(C(=O)NCCNCc2cnc(C)[nH]2)cc1. The molecule has 3 N–H and O–H groups in total. The lowest BCUT2D eigenvalue weighted by atomic mass is 10.1. The Morgan fingerprint density at radius 2 is 1.95 bits per heavy atom. The fourth-order valence-corrected chi connectivity index (χ4v) is 1.86. The second-order valence-electron chi connectivity index (χ2n) is 4.79. The van der Waals surface area contributed by atoms with E-state index in [0.717, 1.165) is 30.2 Å². The molecule has 0 radical (unpaired) electrons. The Balaban J connectivity index is 1.65. The van der Waals surface area contributed by atoms with Gasteiger partial charge in [-0.3, -0.25) is 4.79 Å². The Bertz CT molecular complexity index is 560. The molecule has 106 valence electrons. The number of aromatic amines is 1. The number of carbonyl (C=O) groups excluding carboxylic acids is 1. The van der Waals surface area contributed by atoms with Crippen LogP contribution in [0.25, 0.3) is 0 Å². The van der Waals surface area contributed by atoms with Gasteiger partial charge in [-0.1, -0.05) is 17.7 Å². The Kier molecular flexibility index (Phi) is 4.90. The van der Waals surface area contributed by atoms with E-state index < -0.39 is 0 Å². The summed E-state index contributed by atoms with van der Waals surface area (Å²) >= 11 is 0. The molecule has 0 atom stereocenters. The number of hydrogen-bond donors (Lipinski definition) is 3. The molecule has 1 heterocycles. The van der Waals surface area contributed by atoms with Gasteiger partial charge in [-0.15, -0.1) is 0 Å². The molecule has 5 heteroatoms. The first kappa shape index (κ1) is 14.3. The minimum Gasteiger partial charge on any atom is -0.351 e. The normalized spacial score (nSPS) is 10.5. The number of aryl methyl sites for hydroxylation is 2. The number of rotatable bonds is 6. The summed E-state index contributed by atoms with van der Waals surface area (Å²) in [4.78, 5) is 19.1. The average molecular weight is 272 g/mol. The third-order valence-electron chi connectivity index (χ3n) is 2.97. The van der Waals surface area contributed by atoms with Crippen molar-refractivity contribution in [1.29, 1.82) is 0 Å². The number of carbonyl (C=O) groups is 1. The highest BCUT2D eigenvalue weighted by Crippen LogP contribution is 2.02. The molecule has 0 fully saturated rings. The Labute approximate surface area is 118 Å². The van der Waals surface area contributed by atoms with E-state index in [0.29, 0.717) is 12.1 Å². The third kappa shape index (κ3) is 4.20. The van der Waals surface area contributed by atoms with Crippen molar-refractivity contribution in [3.8, 4) is 0 Å². The predicted octanol–water partition coefficient (Wildman–Crippen LogP) is 1.55. The fraction of sp³-hybridized carbons (Fsp3) is 0.333. The number of nitrogens with one attached hydrogen (secondary N) is 3. The van der Waals surface area contributed by atoms with Gasteiger partial charge in [0, 0.05) is 37.1 Å². The lowest BCUT2D eigenvalue weighted by Crippen LogP contribution is -2.31. The van der Waals surface area contributed by atoms with E-state index in [1.807, 2.05) is 44.3 Å². The Hall–Kier alpha value is -2.14. The zero-order valence-corrected chi connectivity index (χ0v) is 11.9. The first-order valence-corrected chi connectivity index (χ1v) is 6.71. The molecule has 0 saturated heterocycles. The van der Waals surface area contributed by atoms with Crippen LogP contribution in [0, 0.1) is 13.8 Å². The maximum absolute atomic E-state index is 11.8. The fourth-order valence-electron chi connectivity index (χ4n) is 1.86. The molecule has 0 bridgehead atoms. The molecule has 0 spiro atoms. The summed E-state index contributed by atoms with van der Waals surface area (Å²) in [5, 5.41) is 6.13. The summed E-state index contributed by atoms with van der Waals surface area (Å²) in [7, 11) is 0. The van der Waals surface area contributed by atoms with Crippen molar-refractivity contribution >= 4 is 5.91 Å². The topological polar surface area (TPSA) is 69.8 Å². The van der Waals surface area contributed by atoms with E-state index in [9.17, 15) is 4.79 Å². The van der Waals surface area contributed by atoms with E-state index in [1.54, 1.807) is 0 Å². The number of imidazole rings is 1. The molecule has 0 aliphatic rings. The van der Waals surface area contributed by atoms with Gasteiger partial charge in [0.2, 0.25) is 0 Å². The van der Waals surface area contributed by atoms with Crippen molar-refractivity contribution in [2.24, 2.45) is 0 Å². The molecule has 5 nitrogen and oxygen atoms in total. The number of aromatic nitrogens is 2. The quantitative estimate of drug-likeness (QED) is 0.699. The zero-order chi connectivity index (χ0) is 14.4. The van der Waals surface area contributed by atoms with E-state index in [4.69, 9.17) is 0 Å². The zero-order valence-electron chi connectivity index (χ0n) is 11.9. The molecule has 0 unspecified atom stereocenters. The van der Waals surface area contributed by atoms with Crippen LogP contribution in [0.3, 0.4) is 0 Å². The second-order valence-corrected chi connectivity index (χ2v) is 4.79.